The van der Waals surface area contributed by atoms with E-state index in [0.29, 0.717) is 0 Å². The van der Waals surface area contributed by atoms with E-state index in [4.69, 9.17) is 17.7 Å². The molecule has 0 aliphatic carbocycles. The van der Waals surface area contributed by atoms with E-state index in [2.05, 4.69) is 13.2 Å². The van der Waals surface area contributed by atoms with Crippen LogP contribution < -0.4 is 0 Å². The van der Waals surface area contributed by atoms with Crippen molar-refractivity contribution in [2.24, 2.45) is 0 Å². The van der Waals surface area contributed by atoms with Crippen molar-refractivity contribution in [1.29, 1.82) is 0 Å². The van der Waals surface area contributed by atoms with Crippen LogP contribution in [0.1, 0.15) is 0 Å². The van der Waals surface area contributed by atoms with Gasteiger partial charge in [-0.25, -0.2) is 0 Å². The molecular weight excluding hydrogens is 241 g/mol. The van der Waals surface area contributed by atoms with E-state index in [0.717, 1.165) is 3.52 Å². The van der Waals surface area contributed by atoms with Crippen LogP contribution in [-0.2, 0) is 0 Å². The van der Waals surface area contributed by atoms with Crippen molar-refractivity contribution >= 4 is 35.6 Å². The van der Waals surface area contributed by atoms with E-state index in [1.807, 2.05) is 0 Å². The quantitative estimate of drug-likeness (QED) is 0.517. The molecule has 0 saturated carbocycles. The topological polar surface area (TPSA) is 0 Å². The van der Waals surface area contributed by atoms with E-state index in [1.54, 1.807) is 6.08 Å². The average Bonchev–Trinajstić information content (AvgIpc) is 1.65. The van der Waals surface area contributed by atoms with Crippen LogP contribution >= 0.6 is 17.7 Å². The molecule has 3 heteroatoms. The molecular formula is C4H5Cl2Sb. The number of allylic oxidation sites excluding steroid dienone is 2. The van der Waals surface area contributed by atoms with Crippen molar-refractivity contribution in [2.45, 2.75) is 0 Å². The zero-order valence-electron chi connectivity index (χ0n) is 3.69. The Bertz CT molecular complexity index is 87.7. The van der Waals surface area contributed by atoms with Gasteiger partial charge in [-0.05, 0) is 0 Å². The number of rotatable bonds is 2. The van der Waals surface area contributed by atoms with Crippen LogP contribution in [0.4, 0.5) is 0 Å². The Balaban J connectivity index is 3.56. The summed E-state index contributed by atoms with van der Waals surface area (Å²) in [4.78, 5) is 0. The van der Waals surface area contributed by atoms with Gasteiger partial charge in [0.2, 0.25) is 0 Å². The first-order valence-electron chi connectivity index (χ1n) is 1.61. The Hall–Kier alpha value is 0.878. The number of hydrogen-bond donors (Lipinski definition) is 0. The molecule has 0 saturated heterocycles. The third-order valence-corrected chi connectivity index (χ3v) is 5.13. The van der Waals surface area contributed by atoms with Gasteiger partial charge in [-0.2, -0.15) is 0 Å². The molecule has 0 radical (unpaired) electrons. The molecule has 0 heterocycles. The van der Waals surface area contributed by atoms with Gasteiger partial charge in [0.05, 0.1) is 0 Å². The molecule has 0 spiro atoms. The van der Waals surface area contributed by atoms with Crippen molar-refractivity contribution < 1.29 is 0 Å². The van der Waals surface area contributed by atoms with Crippen LogP contribution in [-0.4, -0.2) is 17.9 Å². The fourth-order valence-corrected chi connectivity index (χ4v) is 1.39. The minimum atomic E-state index is -1.99. The first-order valence-corrected chi connectivity index (χ1v) is 9.35. The van der Waals surface area contributed by atoms with E-state index in [1.165, 1.54) is 0 Å². The average molecular weight is 246 g/mol. The van der Waals surface area contributed by atoms with Gasteiger partial charge in [-0.3, -0.25) is 0 Å². The third kappa shape index (κ3) is 3.46. The zero-order valence-corrected chi connectivity index (χ0v) is 7.76. The Morgan fingerprint density at radius 1 is 1.57 bits per heavy atom. The fraction of sp³-hybridized carbons (Fsp3) is 0. The van der Waals surface area contributed by atoms with Gasteiger partial charge in [-0.1, -0.05) is 0 Å². The Kier molecular flexibility index (Phi) is 4.31. The summed E-state index contributed by atoms with van der Waals surface area (Å²) in [7, 11) is 11.0. The summed E-state index contributed by atoms with van der Waals surface area (Å²) < 4.78 is 0.825. The van der Waals surface area contributed by atoms with Crippen molar-refractivity contribution in [3.05, 3.63) is 22.8 Å². The first-order chi connectivity index (χ1) is 3.18. The van der Waals surface area contributed by atoms with Gasteiger partial charge in [0, 0.05) is 0 Å². The molecule has 0 aromatic rings. The normalized spacial score (nSPS) is 9.00. The Morgan fingerprint density at radius 2 is 2.00 bits per heavy atom. The maximum atomic E-state index is 5.51. The molecule has 0 amide bonds. The second-order valence-corrected chi connectivity index (χ2v) is 9.59. The van der Waals surface area contributed by atoms with Crippen molar-refractivity contribution in [1.82, 2.24) is 0 Å². The summed E-state index contributed by atoms with van der Waals surface area (Å²) in [5.74, 6) is 0. The molecule has 0 N–H and O–H groups in total. The monoisotopic (exact) mass is 244 g/mol. The fourth-order valence-electron chi connectivity index (χ4n) is 0.0690. The Labute approximate surface area is 58.1 Å². The summed E-state index contributed by atoms with van der Waals surface area (Å²) in [6.07, 6.45) is 1.61. The van der Waals surface area contributed by atoms with Gasteiger partial charge < -0.3 is 0 Å². The Morgan fingerprint density at radius 3 is 2.00 bits per heavy atom. The van der Waals surface area contributed by atoms with Crippen LogP contribution in [0.25, 0.3) is 0 Å². The van der Waals surface area contributed by atoms with E-state index >= 15 is 0 Å². The molecule has 0 bridgehead atoms. The van der Waals surface area contributed by atoms with Crippen molar-refractivity contribution in [3.8, 4) is 0 Å². The van der Waals surface area contributed by atoms with Crippen LogP contribution in [0.5, 0.6) is 0 Å². The van der Waals surface area contributed by atoms with Gasteiger partial charge >= 0.3 is 58.3 Å². The molecule has 0 aliphatic heterocycles. The van der Waals surface area contributed by atoms with E-state index in [-0.39, 0.29) is 0 Å². The molecule has 0 aromatic carbocycles. The molecule has 7 heavy (non-hydrogen) atoms. The van der Waals surface area contributed by atoms with Crippen molar-refractivity contribution in [3.63, 3.8) is 0 Å². The predicted molar refractivity (Wildman–Crippen MR) is 36.8 cm³/mol. The third-order valence-electron chi connectivity index (χ3n) is 0.453. The maximum absolute atomic E-state index is 5.51. The molecule has 0 rings (SSSR count). The van der Waals surface area contributed by atoms with Crippen LogP contribution in [0.3, 0.4) is 0 Å². The molecule has 40 valence electrons. The summed E-state index contributed by atoms with van der Waals surface area (Å²) in [6.45, 7) is 7.03. The molecule has 0 nitrogen and oxygen atoms in total. The zero-order chi connectivity index (χ0) is 5.86. The SMILES string of the molecule is C=C[C](=C)[Sb]([Cl])[Cl]. The van der Waals surface area contributed by atoms with Crippen LogP contribution in [0.2, 0.25) is 0 Å². The minimum absolute atomic E-state index is 0.825. The standard InChI is InChI=1S/C4H5.2ClH.Sb/c1-3-4-2;;;/h3H,1-2H2;2*1H;/q;;;+2/p-2. The van der Waals surface area contributed by atoms with Gasteiger partial charge in [-0.15, -0.1) is 0 Å². The summed E-state index contributed by atoms with van der Waals surface area (Å²) in [6, 6.07) is 0. The second-order valence-electron chi connectivity index (χ2n) is 0.928. The molecule has 0 atom stereocenters. The first kappa shape index (κ1) is 7.88. The summed E-state index contributed by atoms with van der Waals surface area (Å²) >= 11 is -1.99. The summed E-state index contributed by atoms with van der Waals surface area (Å²) in [5, 5.41) is 0. The molecule has 0 aliphatic rings. The van der Waals surface area contributed by atoms with Crippen LogP contribution in [0, 0.1) is 0 Å². The van der Waals surface area contributed by atoms with Gasteiger partial charge in [0.15, 0.2) is 0 Å². The van der Waals surface area contributed by atoms with Gasteiger partial charge in [0.25, 0.3) is 0 Å². The summed E-state index contributed by atoms with van der Waals surface area (Å²) in [5.41, 5.74) is 0. The van der Waals surface area contributed by atoms with Crippen molar-refractivity contribution in [2.75, 3.05) is 0 Å². The van der Waals surface area contributed by atoms with Gasteiger partial charge in [0.1, 0.15) is 0 Å². The predicted octanol–water partition coefficient (Wildman–Crippen LogP) is 2.23. The molecule has 0 fully saturated rings. The molecule has 0 aromatic heterocycles. The second kappa shape index (κ2) is 3.83. The van der Waals surface area contributed by atoms with E-state index < -0.39 is 17.9 Å². The van der Waals surface area contributed by atoms with Crippen LogP contribution in [0.15, 0.2) is 22.8 Å². The molecule has 0 unspecified atom stereocenters. The number of hydrogen-bond acceptors (Lipinski definition) is 0. The number of halogens is 2. The van der Waals surface area contributed by atoms with E-state index in [9.17, 15) is 0 Å².